The summed E-state index contributed by atoms with van der Waals surface area (Å²) in [5.74, 6) is -0.0298. The van der Waals surface area contributed by atoms with E-state index < -0.39 is 10.0 Å². The molecular weight excluding hydrogens is 398 g/mol. The number of carbonyl (C=O) groups excluding carboxylic acids is 1. The van der Waals surface area contributed by atoms with Gasteiger partial charge in [0.1, 0.15) is 0 Å². The first-order valence-corrected chi connectivity index (χ1v) is 11.9. The zero-order chi connectivity index (χ0) is 21.0. The Balaban J connectivity index is 1.30. The molecule has 0 atom stereocenters. The van der Waals surface area contributed by atoms with Crippen LogP contribution < -0.4 is 5.32 Å². The molecule has 6 nitrogen and oxygen atoms in total. The van der Waals surface area contributed by atoms with Crippen LogP contribution in [0.1, 0.15) is 31.2 Å². The Morgan fingerprint density at radius 2 is 1.67 bits per heavy atom. The molecule has 0 saturated carbocycles. The van der Waals surface area contributed by atoms with Crippen LogP contribution in [0.2, 0.25) is 0 Å². The van der Waals surface area contributed by atoms with Crippen LogP contribution in [-0.2, 0) is 27.9 Å². The summed E-state index contributed by atoms with van der Waals surface area (Å²) in [6.07, 6.45) is 5.31. The molecule has 1 aliphatic heterocycles. The first-order chi connectivity index (χ1) is 14.5. The summed E-state index contributed by atoms with van der Waals surface area (Å²) in [6, 6.07) is 17.0. The number of aromatic nitrogens is 1. The molecule has 158 valence electrons. The molecule has 30 heavy (non-hydrogen) atoms. The van der Waals surface area contributed by atoms with Crippen molar-refractivity contribution >= 4 is 26.8 Å². The van der Waals surface area contributed by atoms with Crippen molar-refractivity contribution in [3.63, 3.8) is 0 Å². The van der Waals surface area contributed by atoms with Gasteiger partial charge in [-0.05, 0) is 48.1 Å². The smallest absolute Gasteiger partial charge is 0.243 e. The monoisotopic (exact) mass is 425 g/mol. The van der Waals surface area contributed by atoms with Crippen LogP contribution in [0, 0.1) is 0 Å². The fourth-order valence-corrected chi connectivity index (χ4v) is 5.40. The van der Waals surface area contributed by atoms with E-state index in [2.05, 4.69) is 16.0 Å². The number of amides is 1. The predicted molar refractivity (Wildman–Crippen MR) is 117 cm³/mol. The molecule has 4 rings (SSSR count). The van der Waals surface area contributed by atoms with Gasteiger partial charge in [0.2, 0.25) is 15.9 Å². The summed E-state index contributed by atoms with van der Waals surface area (Å²) >= 11 is 0. The van der Waals surface area contributed by atoms with E-state index >= 15 is 0 Å². The third-order valence-corrected chi connectivity index (χ3v) is 7.54. The predicted octanol–water partition coefficient (Wildman–Crippen LogP) is 3.52. The van der Waals surface area contributed by atoms with E-state index in [1.807, 2.05) is 30.5 Å². The molecule has 1 fully saturated rings. The second kappa shape index (κ2) is 9.02. The zero-order valence-corrected chi connectivity index (χ0v) is 17.8. The molecule has 1 aromatic heterocycles. The number of rotatable bonds is 7. The largest absolute Gasteiger partial charge is 0.352 e. The summed E-state index contributed by atoms with van der Waals surface area (Å²) in [4.78, 5) is 12.6. The first-order valence-electron chi connectivity index (χ1n) is 10.4. The maximum Gasteiger partial charge on any atom is 0.243 e. The Morgan fingerprint density at radius 1 is 0.933 bits per heavy atom. The van der Waals surface area contributed by atoms with Crippen LogP contribution in [0.5, 0.6) is 0 Å². The molecule has 3 aromatic rings. The lowest BCUT2D eigenvalue weighted by atomic mass is 10.2. The van der Waals surface area contributed by atoms with Gasteiger partial charge in [-0.1, -0.05) is 36.8 Å². The van der Waals surface area contributed by atoms with Crippen LogP contribution >= 0.6 is 0 Å². The molecule has 1 N–H and O–H groups in total. The standard InChI is InChI=1S/C23H27N3O3S/c27-23(13-17-25-16-12-20-6-2-3-7-22(20)25)24-18-19-8-10-21(11-9-19)30(28,29)26-14-4-1-5-15-26/h2-3,6-12,16H,1,4-5,13-15,17-18H2,(H,24,27). The second-order valence-electron chi connectivity index (χ2n) is 7.70. The average molecular weight is 426 g/mol. The Bertz CT molecular complexity index is 1110. The normalized spacial score (nSPS) is 15.3. The molecule has 0 radical (unpaired) electrons. The number of hydrogen-bond donors (Lipinski definition) is 1. The van der Waals surface area contributed by atoms with Gasteiger partial charge in [-0.25, -0.2) is 8.42 Å². The van der Waals surface area contributed by atoms with Crippen molar-refractivity contribution in [3.8, 4) is 0 Å². The van der Waals surface area contributed by atoms with E-state index in [4.69, 9.17) is 0 Å². The van der Waals surface area contributed by atoms with Crippen LogP contribution in [0.4, 0.5) is 0 Å². The van der Waals surface area contributed by atoms with Crippen molar-refractivity contribution in [2.75, 3.05) is 13.1 Å². The average Bonchev–Trinajstić information content (AvgIpc) is 3.20. The Kier molecular flexibility index (Phi) is 6.20. The summed E-state index contributed by atoms with van der Waals surface area (Å²) in [6.45, 7) is 2.19. The number of carbonyl (C=O) groups is 1. The number of nitrogens with zero attached hydrogens (tertiary/aromatic N) is 2. The van der Waals surface area contributed by atoms with Crippen molar-refractivity contribution in [1.29, 1.82) is 0 Å². The minimum atomic E-state index is -3.42. The van der Waals surface area contributed by atoms with E-state index in [0.29, 0.717) is 37.5 Å². The molecule has 7 heteroatoms. The van der Waals surface area contributed by atoms with Crippen LogP contribution in [-0.4, -0.2) is 36.3 Å². The third kappa shape index (κ3) is 4.57. The van der Waals surface area contributed by atoms with Crippen molar-refractivity contribution in [2.45, 2.75) is 43.7 Å². The number of nitrogens with one attached hydrogen (secondary N) is 1. The van der Waals surface area contributed by atoms with Gasteiger partial charge in [0.05, 0.1) is 4.90 Å². The van der Waals surface area contributed by atoms with Crippen LogP contribution in [0.15, 0.2) is 65.7 Å². The maximum atomic E-state index is 12.7. The van der Waals surface area contributed by atoms with Gasteiger partial charge in [0.15, 0.2) is 0 Å². The maximum absolute atomic E-state index is 12.7. The Labute approximate surface area is 177 Å². The van der Waals surface area contributed by atoms with Crippen LogP contribution in [0.25, 0.3) is 10.9 Å². The van der Waals surface area contributed by atoms with Gasteiger partial charge in [0.25, 0.3) is 0 Å². The molecule has 2 heterocycles. The quantitative estimate of drug-likeness (QED) is 0.630. The minimum absolute atomic E-state index is 0.0298. The Hall–Kier alpha value is -2.64. The zero-order valence-electron chi connectivity index (χ0n) is 17.0. The summed E-state index contributed by atoms with van der Waals surface area (Å²) in [5.41, 5.74) is 2.00. The summed E-state index contributed by atoms with van der Waals surface area (Å²) in [7, 11) is -3.42. The molecule has 0 unspecified atom stereocenters. The van der Waals surface area contributed by atoms with Gasteiger partial charge in [0, 0.05) is 44.3 Å². The number of fused-ring (bicyclic) bond motifs is 1. The van der Waals surface area contributed by atoms with Gasteiger partial charge in [-0.3, -0.25) is 4.79 Å². The highest BCUT2D eigenvalue weighted by molar-refractivity contribution is 7.89. The van der Waals surface area contributed by atoms with Gasteiger partial charge in [-0.2, -0.15) is 4.31 Å². The third-order valence-electron chi connectivity index (χ3n) is 5.63. The number of aryl methyl sites for hydroxylation is 1. The number of hydrogen-bond acceptors (Lipinski definition) is 3. The lowest BCUT2D eigenvalue weighted by Gasteiger charge is -2.25. The molecule has 1 aliphatic rings. The highest BCUT2D eigenvalue weighted by Crippen LogP contribution is 2.21. The first kappa shape index (κ1) is 20.6. The molecule has 1 amide bonds. The lowest BCUT2D eigenvalue weighted by molar-refractivity contribution is -0.121. The van der Waals surface area contributed by atoms with E-state index in [1.54, 1.807) is 28.6 Å². The summed E-state index contributed by atoms with van der Waals surface area (Å²) < 4.78 is 29.1. The van der Waals surface area contributed by atoms with Gasteiger partial charge < -0.3 is 9.88 Å². The molecule has 0 bridgehead atoms. The molecule has 0 spiro atoms. The van der Waals surface area contributed by atoms with Crippen molar-refractivity contribution in [1.82, 2.24) is 14.2 Å². The Morgan fingerprint density at radius 3 is 2.43 bits per heavy atom. The molecule has 2 aromatic carbocycles. The van der Waals surface area contributed by atoms with Crippen LogP contribution in [0.3, 0.4) is 0 Å². The topological polar surface area (TPSA) is 71.4 Å². The van der Waals surface area contributed by atoms with E-state index in [9.17, 15) is 13.2 Å². The fourth-order valence-electron chi connectivity index (χ4n) is 3.88. The SMILES string of the molecule is O=C(CCn1ccc2ccccc21)NCc1ccc(S(=O)(=O)N2CCCCC2)cc1. The van der Waals surface area contributed by atoms with E-state index in [-0.39, 0.29) is 5.91 Å². The minimum Gasteiger partial charge on any atom is -0.352 e. The van der Waals surface area contributed by atoms with E-state index in [1.165, 1.54) is 0 Å². The van der Waals surface area contributed by atoms with Gasteiger partial charge in [-0.15, -0.1) is 0 Å². The lowest BCUT2D eigenvalue weighted by Crippen LogP contribution is -2.35. The number of sulfonamides is 1. The number of piperidine rings is 1. The number of para-hydroxylation sites is 1. The molecule has 1 saturated heterocycles. The highest BCUT2D eigenvalue weighted by atomic mass is 32.2. The molecular formula is C23H27N3O3S. The summed E-state index contributed by atoms with van der Waals surface area (Å²) in [5, 5.41) is 4.08. The number of benzene rings is 2. The molecule has 0 aliphatic carbocycles. The highest BCUT2D eigenvalue weighted by Gasteiger charge is 2.25. The van der Waals surface area contributed by atoms with Crippen molar-refractivity contribution in [3.05, 3.63) is 66.4 Å². The van der Waals surface area contributed by atoms with Gasteiger partial charge >= 0.3 is 0 Å². The van der Waals surface area contributed by atoms with E-state index in [0.717, 1.165) is 35.7 Å². The second-order valence-corrected chi connectivity index (χ2v) is 9.64. The fraction of sp³-hybridized carbons (Fsp3) is 0.348. The van der Waals surface area contributed by atoms with Crippen molar-refractivity contribution in [2.24, 2.45) is 0 Å². The van der Waals surface area contributed by atoms with Crippen molar-refractivity contribution < 1.29 is 13.2 Å².